The maximum atomic E-state index is 11.9. The highest BCUT2D eigenvalue weighted by atomic mass is 16.5. The van der Waals surface area contributed by atoms with Crippen molar-refractivity contribution >= 4 is 11.6 Å². The van der Waals surface area contributed by atoms with E-state index in [0.29, 0.717) is 17.9 Å². The van der Waals surface area contributed by atoms with E-state index in [9.17, 15) is 4.79 Å². The van der Waals surface area contributed by atoms with Crippen LogP contribution in [-0.2, 0) is 4.74 Å². The minimum Gasteiger partial charge on any atom is -0.399 e. The van der Waals surface area contributed by atoms with Crippen molar-refractivity contribution in [3.63, 3.8) is 0 Å². The number of aryl methyl sites for hydroxylation is 1. The van der Waals surface area contributed by atoms with Crippen LogP contribution in [0.25, 0.3) is 0 Å². The van der Waals surface area contributed by atoms with Gasteiger partial charge in [-0.25, -0.2) is 0 Å². The Balaban J connectivity index is 2.07. The largest absolute Gasteiger partial charge is 0.399 e. The molecule has 0 radical (unpaired) electrons. The van der Waals surface area contributed by atoms with Crippen molar-refractivity contribution in [3.05, 3.63) is 29.3 Å². The highest BCUT2D eigenvalue weighted by Gasteiger charge is 2.18. The van der Waals surface area contributed by atoms with Crippen LogP contribution in [-0.4, -0.2) is 25.2 Å². The van der Waals surface area contributed by atoms with Gasteiger partial charge in [-0.05, 0) is 37.1 Å². The number of ether oxygens (including phenoxy) is 1. The first-order valence-electron chi connectivity index (χ1n) is 5.41. The summed E-state index contributed by atoms with van der Waals surface area (Å²) in [5, 5.41) is 2.93. The topological polar surface area (TPSA) is 64.4 Å². The number of hydrogen-bond donors (Lipinski definition) is 2. The first-order valence-corrected chi connectivity index (χ1v) is 5.41. The van der Waals surface area contributed by atoms with E-state index in [2.05, 4.69) is 5.32 Å². The van der Waals surface area contributed by atoms with Gasteiger partial charge in [0.05, 0.1) is 12.6 Å². The third-order valence-electron chi connectivity index (χ3n) is 2.63. The van der Waals surface area contributed by atoms with Crippen molar-refractivity contribution in [1.29, 1.82) is 0 Å². The SMILES string of the molecule is Cc1cc(N)cc(C(=O)NC2CCOC2)c1. The van der Waals surface area contributed by atoms with Crippen molar-refractivity contribution in [1.82, 2.24) is 5.32 Å². The van der Waals surface area contributed by atoms with E-state index in [1.807, 2.05) is 19.1 Å². The Morgan fingerprint density at radius 1 is 1.50 bits per heavy atom. The molecular weight excluding hydrogens is 204 g/mol. The zero-order valence-corrected chi connectivity index (χ0v) is 9.32. The predicted octanol–water partition coefficient (Wildman–Crippen LogP) is 1.10. The summed E-state index contributed by atoms with van der Waals surface area (Å²) in [6, 6.07) is 5.50. The highest BCUT2D eigenvalue weighted by Crippen LogP contribution is 2.12. The summed E-state index contributed by atoms with van der Waals surface area (Å²) in [6.45, 7) is 3.25. The molecule has 1 fully saturated rings. The Labute approximate surface area is 94.8 Å². The van der Waals surface area contributed by atoms with E-state index in [1.54, 1.807) is 6.07 Å². The molecule has 0 bridgehead atoms. The third-order valence-corrected chi connectivity index (χ3v) is 2.63. The number of nitrogens with one attached hydrogen (secondary N) is 1. The molecule has 1 amide bonds. The summed E-state index contributed by atoms with van der Waals surface area (Å²) in [6.07, 6.45) is 0.882. The van der Waals surface area contributed by atoms with E-state index < -0.39 is 0 Å². The monoisotopic (exact) mass is 220 g/mol. The lowest BCUT2D eigenvalue weighted by atomic mass is 10.1. The molecule has 1 unspecified atom stereocenters. The molecule has 16 heavy (non-hydrogen) atoms. The third kappa shape index (κ3) is 2.52. The van der Waals surface area contributed by atoms with E-state index in [-0.39, 0.29) is 11.9 Å². The van der Waals surface area contributed by atoms with Crippen LogP contribution in [0.15, 0.2) is 18.2 Å². The maximum Gasteiger partial charge on any atom is 0.251 e. The van der Waals surface area contributed by atoms with Crippen LogP contribution in [0.1, 0.15) is 22.3 Å². The fraction of sp³-hybridized carbons (Fsp3) is 0.417. The van der Waals surface area contributed by atoms with Gasteiger partial charge in [0, 0.05) is 17.9 Å². The second-order valence-electron chi connectivity index (χ2n) is 4.17. The lowest BCUT2D eigenvalue weighted by Gasteiger charge is -2.11. The quantitative estimate of drug-likeness (QED) is 0.733. The van der Waals surface area contributed by atoms with Crippen LogP contribution < -0.4 is 11.1 Å². The molecule has 0 spiro atoms. The lowest BCUT2D eigenvalue weighted by Crippen LogP contribution is -2.35. The average Bonchev–Trinajstić information content (AvgIpc) is 2.68. The summed E-state index contributed by atoms with van der Waals surface area (Å²) in [7, 11) is 0. The molecule has 1 saturated heterocycles. The molecule has 1 aromatic rings. The summed E-state index contributed by atoms with van der Waals surface area (Å²) in [4.78, 5) is 11.9. The summed E-state index contributed by atoms with van der Waals surface area (Å²) >= 11 is 0. The number of benzene rings is 1. The molecule has 1 aliphatic heterocycles. The van der Waals surface area contributed by atoms with Crippen molar-refractivity contribution < 1.29 is 9.53 Å². The van der Waals surface area contributed by atoms with Gasteiger partial charge in [0.2, 0.25) is 0 Å². The van der Waals surface area contributed by atoms with Crippen LogP contribution in [0.2, 0.25) is 0 Å². The van der Waals surface area contributed by atoms with Gasteiger partial charge in [0.1, 0.15) is 0 Å². The summed E-state index contributed by atoms with van der Waals surface area (Å²) in [5.74, 6) is -0.0779. The van der Waals surface area contributed by atoms with Crippen LogP contribution in [0.3, 0.4) is 0 Å². The molecule has 4 nitrogen and oxygen atoms in total. The van der Waals surface area contributed by atoms with Gasteiger partial charge in [-0.3, -0.25) is 4.79 Å². The smallest absolute Gasteiger partial charge is 0.251 e. The highest BCUT2D eigenvalue weighted by molar-refractivity contribution is 5.95. The van der Waals surface area contributed by atoms with Gasteiger partial charge in [-0.2, -0.15) is 0 Å². The molecule has 1 atom stereocenters. The van der Waals surface area contributed by atoms with Crippen molar-refractivity contribution in [2.24, 2.45) is 0 Å². The summed E-state index contributed by atoms with van der Waals surface area (Å²) < 4.78 is 5.20. The number of carbonyl (C=O) groups is 1. The van der Waals surface area contributed by atoms with Gasteiger partial charge >= 0.3 is 0 Å². The van der Waals surface area contributed by atoms with Crippen LogP contribution in [0.5, 0.6) is 0 Å². The van der Waals surface area contributed by atoms with Gasteiger partial charge in [0.15, 0.2) is 0 Å². The Hall–Kier alpha value is -1.55. The number of carbonyl (C=O) groups excluding carboxylic acids is 1. The van der Waals surface area contributed by atoms with E-state index >= 15 is 0 Å². The van der Waals surface area contributed by atoms with Crippen molar-refractivity contribution in [3.8, 4) is 0 Å². The molecule has 86 valence electrons. The fourth-order valence-electron chi connectivity index (χ4n) is 1.86. The second kappa shape index (κ2) is 4.53. The number of hydrogen-bond acceptors (Lipinski definition) is 3. The standard InChI is InChI=1S/C12H16N2O2/c1-8-4-9(6-10(13)5-8)12(15)14-11-2-3-16-7-11/h4-6,11H,2-3,7,13H2,1H3,(H,14,15). The van der Waals surface area contributed by atoms with E-state index in [1.165, 1.54) is 0 Å². The van der Waals surface area contributed by atoms with Crippen LogP contribution in [0.4, 0.5) is 5.69 Å². The number of rotatable bonds is 2. The predicted molar refractivity (Wildman–Crippen MR) is 62.3 cm³/mol. The molecule has 1 aliphatic rings. The minimum atomic E-state index is -0.0779. The lowest BCUT2D eigenvalue weighted by molar-refractivity contribution is 0.0930. The molecular formula is C12H16N2O2. The number of nitrogens with two attached hydrogens (primary N) is 1. The van der Waals surface area contributed by atoms with Gasteiger partial charge in [-0.15, -0.1) is 0 Å². The number of amides is 1. The molecule has 4 heteroatoms. The maximum absolute atomic E-state index is 11.9. The zero-order chi connectivity index (χ0) is 11.5. The molecule has 0 saturated carbocycles. The Kier molecular flexibility index (Phi) is 3.10. The van der Waals surface area contributed by atoms with Gasteiger partial charge < -0.3 is 15.8 Å². The zero-order valence-electron chi connectivity index (χ0n) is 9.32. The second-order valence-corrected chi connectivity index (χ2v) is 4.17. The Morgan fingerprint density at radius 3 is 2.94 bits per heavy atom. The van der Waals surface area contributed by atoms with Crippen molar-refractivity contribution in [2.45, 2.75) is 19.4 Å². The number of nitrogen functional groups attached to an aromatic ring is 1. The van der Waals surface area contributed by atoms with E-state index in [0.717, 1.165) is 18.6 Å². The normalized spacial score (nSPS) is 19.7. The summed E-state index contributed by atoms with van der Waals surface area (Å²) in [5.41, 5.74) is 7.93. The van der Waals surface area contributed by atoms with Crippen LogP contribution >= 0.6 is 0 Å². The number of anilines is 1. The Bertz CT molecular complexity index is 378. The fourth-order valence-corrected chi connectivity index (χ4v) is 1.86. The molecule has 0 aromatic heterocycles. The van der Waals surface area contributed by atoms with Crippen LogP contribution in [0, 0.1) is 6.92 Å². The average molecular weight is 220 g/mol. The van der Waals surface area contributed by atoms with Gasteiger partial charge in [0.25, 0.3) is 5.91 Å². The first kappa shape index (κ1) is 11.0. The Morgan fingerprint density at radius 2 is 2.31 bits per heavy atom. The molecule has 1 heterocycles. The molecule has 2 rings (SSSR count). The van der Waals surface area contributed by atoms with Crippen molar-refractivity contribution in [2.75, 3.05) is 18.9 Å². The van der Waals surface area contributed by atoms with Gasteiger partial charge in [-0.1, -0.05) is 0 Å². The minimum absolute atomic E-state index is 0.0779. The molecule has 0 aliphatic carbocycles. The molecule has 3 N–H and O–H groups in total. The first-order chi connectivity index (χ1) is 7.65. The van der Waals surface area contributed by atoms with E-state index in [4.69, 9.17) is 10.5 Å². The molecule has 1 aromatic carbocycles.